The molecule has 0 aliphatic heterocycles. The van der Waals surface area contributed by atoms with Gasteiger partial charge in [0.05, 0.1) is 5.69 Å². The van der Waals surface area contributed by atoms with Crippen molar-refractivity contribution in [3.05, 3.63) is 54.1 Å². The zero-order valence-corrected chi connectivity index (χ0v) is 10.8. The molecular weight excluding hydrogens is 258 g/mol. The Hall–Kier alpha value is -2.69. The van der Waals surface area contributed by atoms with E-state index in [4.69, 9.17) is 15.2 Å². The Balaban J connectivity index is 1.80. The molecule has 0 radical (unpaired) electrons. The molecule has 3 N–H and O–H groups in total. The molecule has 0 amide bonds. The molecule has 0 bridgehead atoms. The number of ether oxygens (including phenoxy) is 2. The summed E-state index contributed by atoms with van der Waals surface area (Å²) in [5.74, 6) is 0.0743. The number of anilines is 1. The summed E-state index contributed by atoms with van der Waals surface area (Å²) in [7, 11) is 0. The van der Waals surface area contributed by atoms with Crippen molar-refractivity contribution in [2.24, 2.45) is 0 Å². The number of benzene rings is 2. The molecule has 2 rings (SSSR count). The highest BCUT2D eigenvalue weighted by Gasteiger charge is 2.06. The molecular formula is C15H15NO4. The highest BCUT2D eigenvalue weighted by atomic mass is 16.6. The number of para-hydroxylation sites is 2. The molecule has 104 valence electrons. The van der Waals surface area contributed by atoms with Crippen molar-refractivity contribution >= 4 is 11.7 Å². The minimum Gasteiger partial charge on any atom is -0.508 e. The van der Waals surface area contributed by atoms with Crippen molar-refractivity contribution in [1.29, 1.82) is 0 Å². The van der Waals surface area contributed by atoms with Crippen LogP contribution >= 0.6 is 0 Å². The summed E-state index contributed by atoms with van der Waals surface area (Å²) < 4.78 is 10.3. The van der Waals surface area contributed by atoms with Crippen molar-refractivity contribution in [1.82, 2.24) is 0 Å². The lowest BCUT2D eigenvalue weighted by atomic mass is 10.2. The first-order valence-corrected chi connectivity index (χ1v) is 6.06. The number of carbonyl (C=O) groups excluding carboxylic acids is 1. The lowest BCUT2D eigenvalue weighted by molar-refractivity contribution is -0.147. The molecule has 0 aromatic heterocycles. The van der Waals surface area contributed by atoms with Gasteiger partial charge in [0.25, 0.3) is 0 Å². The summed E-state index contributed by atoms with van der Waals surface area (Å²) in [6.07, 6.45) is 0. The topological polar surface area (TPSA) is 81.8 Å². The first-order valence-electron chi connectivity index (χ1n) is 6.06. The van der Waals surface area contributed by atoms with Gasteiger partial charge in [-0.05, 0) is 29.8 Å². The van der Waals surface area contributed by atoms with E-state index in [9.17, 15) is 9.90 Å². The normalized spacial score (nSPS) is 10.0. The van der Waals surface area contributed by atoms with Crippen molar-refractivity contribution in [2.45, 2.75) is 6.61 Å². The molecule has 0 saturated carbocycles. The first-order chi connectivity index (χ1) is 9.65. The van der Waals surface area contributed by atoms with Crippen LogP contribution in [0.3, 0.4) is 0 Å². The summed E-state index contributed by atoms with van der Waals surface area (Å²) in [4.78, 5) is 11.5. The standard InChI is InChI=1S/C15H15NO4/c16-13-6-1-2-7-14(13)19-10-15(18)20-9-11-4-3-5-12(17)8-11/h1-8,17H,9-10,16H2. The summed E-state index contributed by atoms with van der Waals surface area (Å²) in [6, 6.07) is 13.4. The third-order valence-electron chi connectivity index (χ3n) is 2.57. The molecule has 0 fully saturated rings. The molecule has 0 aliphatic rings. The van der Waals surface area contributed by atoms with Crippen molar-refractivity contribution < 1.29 is 19.4 Å². The number of esters is 1. The largest absolute Gasteiger partial charge is 0.508 e. The van der Waals surface area contributed by atoms with Crippen LogP contribution in [0.2, 0.25) is 0 Å². The molecule has 0 spiro atoms. The zero-order valence-electron chi connectivity index (χ0n) is 10.8. The van der Waals surface area contributed by atoms with Gasteiger partial charge in [-0.3, -0.25) is 0 Å². The summed E-state index contributed by atoms with van der Waals surface area (Å²) in [5, 5.41) is 9.28. The number of phenols is 1. The van der Waals surface area contributed by atoms with E-state index in [2.05, 4.69) is 0 Å². The van der Waals surface area contributed by atoms with Crippen LogP contribution in [0.15, 0.2) is 48.5 Å². The van der Waals surface area contributed by atoms with E-state index in [0.29, 0.717) is 17.0 Å². The molecule has 2 aromatic rings. The van der Waals surface area contributed by atoms with Gasteiger partial charge in [0, 0.05) is 0 Å². The Bertz CT molecular complexity index is 598. The molecule has 20 heavy (non-hydrogen) atoms. The molecule has 0 aliphatic carbocycles. The van der Waals surface area contributed by atoms with Gasteiger partial charge in [-0.15, -0.1) is 0 Å². The Morgan fingerprint density at radius 1 is 1.15 bits per heavy atom. The maximum atomic E-state index is 11.5. The van der Waals surface area contributed by atoms with E-state index in [1.165, 1.54) is 6.07 Å². The van der Waals surface area contributed by atoms with Crippen molar-refractivity contribution in [3.63, 3.8) is 0 Å². The van der Waals surface area contributed by atoms with Gasteiger partial charge in [-0.1, -0.05) is 24.3 Å². The molecule has 0 heterocycles. The second-order valence-corrected chi connectivity index (χ2v) is 4.16. The molecule has 0 unspecified atom stereocenters. The van der Waals surface area contributed by atoms with E-state index >= 15 is 0 Å². The maximum Gasteiger partial charge on any atom is 0.344 e. The monoisotopic (exact) mass is 273 g/mol. The van der Waals surface area contributed by atoms with Crippen LogP contribution in [-0.2, 0) is 16.1 Å². The summed E-state index contributed by atoms with van der Waals surface area (Å²) in [6.45, 7) is -0.131. The van der Waals surface area contributed by atoms with Crippen LogP contribution < -0.4 is 10.5 Å². The Morgan fingerprint density at radius 2 is 1.95 bits per heavy atom. The van der Waals surface area contributed by atoms with E-state index in [0.717, 1.165) is 0 Å². The Labute approximate surface area is 116 Å². The second-order valence-electron chi connectivity index (χ2n) is 4.16. The average Bonchev–Trinajstić information content (AvgIpc) is 2.44. The highest BCUT2D eigenvalue weighted by Crippen LogP contribution is 2.19. The quantitative estimate of drug-likeness (QED) is 0.644. The third-order valence-corrected chi connectivity index (χ3v) is 2.57. The van der Waals surface area contributed by atoms with Gasteiger partial charge < -0.3 is 20.3 Å². The summed E-state index contributed by atoms with van der Waals surface area (Å²) >= 11 is 0. The SMILES string of the molecule is Nc1ccccc1OCC(=O)OCc1cccc(O)c1. The highest BCUT2D eigenvalue weighted by molar-refractivity contribution is 5.71. The molecule has 0 atom stereocenters. The van der Waals surface area contributed by atoms with E-state index in [1.54, 1.807) is 42.5 Å². The number of nitrogens with two attached hydrogens (primary N) is 1. The van der Waals surface area contributed by atoms with E-state index < -0.39 is 5.97 Å². The summed E-state index contributed by atoms with van der Waals surface area (Å²) in [5.41, 5.74) is 6.86. The number of hydrogen-bond acceptors (Lipinski definition) is 5. The minimum absolute atomic E-state index is 0.0842. The smallest absolute Gasteiger partial charge is 0.344 e. The molecule has 0 saturated heterocycles. The van der Waals surface area contributed by atoms with Gasteiger partial charge in [-0.2, -0.15) is 0 Å². The van der Waals surface area contributed by atoms with Crippen LogP contribution in [0.4, 0.5) is 5.69 Å². The number of rotatable bonds is 5. The minimum atomic E-state index is -0.503. The number of carbonyl (C=O) groups is 1. The van der Waals surface area contributed by atoms with Gasteiger partial charge in [-0.25, -0.2) is 4.79 Å². The van der Waals surface area contributed by atoms with Gasteiger partial charge in [0.1, 0.15) is 18.1 Å². The maximum absolute atomic E-state index is 11.5. The number of aromatic hydroxyl groups is 1. The molecule has 2 aromatic carbocycles. The predicted octanol–water partition coefficient (Wildman–Crippen LogP) is 2.10. The lowest BCUT2D eigenvalue weighted by Crippen LogP contribution is -2.15. The fourth-order valence-electron chi connectivity index (χ4n) is 1.60. The number of phenolic OH excluding ortho intramolecular Hbond substituents is 1. The second kappa shape index (κ2) is 6.47. The fourth-order valence-corrected chi connectivity index (χ4v) is 1.60. The fraction of sp³-hybridized carbons (Fsp3) is 0.133. The zero-order chi connectivity index (χ0) is 14.4. The van der Waals surface area contributed by atoms with Gasteiger partial charge in [0.2, 0.25) is 0 Å². The Kier molecular flexibility index (Phi) is 4.44. The van der Waals surface area contributed by atoms with Crippen LogP contribution in [0.1, 0.15) is 5.56 Å². The van der Waals surface area contributed by atoms with Crippen LogP contribution in [-0.4, -0.2) is 17.7 Å². The number of hydrogen-bond donors (Lipinski definition) is 2. The van der Waals surface area contributed by atoms with Gasteiger partial charge >= 0.3 is 5.97 Å². The molecule has 5 nitrogen and oxygen atoms in total. The van der Waals surface area contributed by atoms with Crippen LogP contribution in [0.25, 0.3) is 0 Å². The predicted molar refractivity (Wildman–Crippen MR) is 74.3 cm³/mol. The first kappa shape index (κ1) is 13.7. The van der Waals surface area contributed by atoms with Crippen LogP contribution in [0.5, 0.6) is 11.5 Å². The average molecular weight is 273 g/mol. The van der Waals surface area contributed by atoms with Crippen LogP contribution in [0, 0.1) is 0 Å². The lowest BCUT2D eigenvalue weighted by Gasteiger charge is -2.08. The third kappa shape index (κ3) is 3.91. The van der Waals surface area contributed by atoms with E-state index in [-0.39, 0.29) is 19.0 Å². The molecule has 5 heteroatoms. The van der Waals surface area contributed by atoms with Crippen molar-refractivity contribution in [2.75, 3.05) is 12.3 Å². The number of nitrogen functional groups attached to an aromatic ring is 1. The van der Waals surface area contributed by atoms with E-state index in [1.807, 2.05) is 0 Å². The van der Waals surface area contributed by atoms with Gasteiger partial charge in [0.15, 0.2) is 6.61 Å². The van der Waals surface area contributed by atoms with Crippen molar-refractivity contribution in [3.8, 4) is 11.5 Å². The Morgan fingerprint density at radius 3 is 2.70 bits per heavy atom.